The Balaban J connectivity index is 1.77. The van der Waals surface area contributed by atoms with Gasteiger partial charge in [-0.05, 0) is 35.0 Å². The summed E-state index contributed by atoms with van der Waals surface area (Å²) < 4.78 is 38.3. The van der Waals surface area contributed by atoms with Gasteiger partial charge in [-0.1, -0.05) is 17.7 Å². The largest absolute Gasteiger partial charge is 0.394 e. The molecule has 0 bridgehead atoms. The summed E-state index contributed by atoms with van der Waals surface area (Å²) in [6, 6.07) is 6.07. The Hall–Kier alpha value is -2.16. The number of ether oxygens (including phenoxy) is 1. The fourth-order valence-electron chi connectivity index (χ4n) is 3.21. The maximum Gasteiger partial charge on any atom is 0.297 e. The monoisotopic (exact) mass is 499 g/mol. The maximum atomic E-state index is 12.8. The van der Waals surface area contributed by atoms with Crippen LogP contribution in [-0.4, -0.2) is 63.1 Å². The lowest BCUT2D eigenvalue weighted by atomic mass is 10.1. The van der Waals surface area contributed by atoms with E-state index in [1.807, 2.05) is 6.92 Å². The molecule has 0 aliphatic carbocycles. The summed E-state index contributed by atoms with van der Waals surface area (Å²) in [7, 11) is -4.25. The standard InChI is InChI=1S/C17H18BrN5O6S/c1-8-2-4-9(5-3-8)30(26,27)29-13-12(25)10(6-24)28-16(13)23-15-11(22-17(23)18)14(19)20-7-21-15/h2-5,7,10,12-13,16,24-25H,6H2,1H3,(H2,19,20,21)/t10-,12-,13-,16-/m1/s1. The van der Waals surface area contributed by atoms with Crippen LogP contribution in [0.1, 0.15) is 11.8 Å². The minimum atomic E-state index is -4.25. The number of imidazole rings is 1. The molecule has 1 saturated heterocycles. The Bertz CT molecular complexity index is 1190. The molecule has 4 N–H and O–H groups in total. The molecular formula is C17H18BrN5O6S. The summed E-state index contributed by atoms with van der Waals surface area (Å²) in [6.45, 7) is 1.27. The van der Waals surface area contributed by atoms with Crippen LogP contribution in [0, 0.1) is 6.92 Å². The van der Waals surface area contributed by atoms with Gasteiger partial charge in [-0.2, -0.15) is 8.42 Å². The number of rotatable bonds is 5. The highest BCUT2D eigenvalue weighted by atomic mass is 79.9. The predicted octanol–water partition coefficient (Wildman–Crippen LogP) is 0.504. The van der Waals surface area contributed by atoms with E-state index in [0.717, 1.165) is 5.56 Å². The van der Waals surface area contributed by atoms with Crippen LogP contribution in [0.4, 0.5) is 5.82 Å². The third-order valence-electron chi connectivity index (χ3n) is 4.76. The van der Waals surface area contributed by atoms with Crippen LogP contribution in [0.15, 0.2) is 40.2 Å². The molecule has 0 unspecified atom stereocenters. The van der Waals surface area contributed by atoms with Gasteiger partial charge < -0.3 is 20.7 Å². The van der Waals surface area contributed by atoms with Crippen molar-refractivity contribution in [1.82, 2.24) is 19.5 Å². The molecular weight excluding hydrogens is 482 g/mol. The number of nitrogens with two attached hydrogens (primary N) is 1. The van der Waals surface area contributed by atoms with Gasteiger partial charge in [0.05, 0.1) is 11.5 Å². The van der Waals surface area contributed by atoms with Crippen molar-refractivity contribution >= 4 is 43.0 Å². The topological polar surface area (TPSA) is 163 Å². The van der Waals surface area contributed by atoms with E-state index in [0.29, 0.717) is 0 Å². The van der Waals surface area contributed by atoms with Gasteiger partial charge in [-0.25, -0.2) is 15.0 Å². The predicted molar refractivity (Wildman–Crippen MR) is 108 cm³/mol. The van der Waals surface area contributed by atoms with Crippen molar-refractivity contribution in [3.63, 3.8) is 0 Å². The van der Waals surface area contributed by atoms with Crippen LogP contribution < -0.4 is 5.73 Å². The first-order valence-electron chi connectivity index (χ1n) is 8.81. The summed E-state index contributed by atoms with van der Waals surface area (Å²) in [5, 5.41) is 20.2. The maximum absolute atomic E-state index is 12.8. The number of aliphatic hydroxyl groups is 2. The van der Waals surface area contributed by atoms with Crippen molar-refractivity contribution in [1.29, 1.82) is 0 Å². The molecule has 3 heterocycles. The van der Waals surface area contributed by atoms with Gasteiger partial charge in [0.25, 0.3) is 10.1 Å². The van der Waals surface area contributed by atoms with Crippen molar-refractivity contribution in [2.45, 2.75) is 36.4 Å². The molecule has 11 nitrogen and oxygen atoms in total. The summed E-state index contributed by atoms with van der Waals surface area (Å²) >= 11 is 3.27. The second kappa shape index (κ2) is 7.83. The molecule has 30 heavy (non-hydrogen) atoms. The Morgan fingerprint density at radius 3 is 2.67 bits per heavy atom. The van der Waals surface area contributed by atoms with Gasteiger partial charge in [0.1, 0.15) is 18.5 Å². The molecule has 1 fully saturated rings. The fraction of sp³-hybridized carbons (Fsp3) is 0.353. The number of nitrogens with zero attached hydrogens (tertiary/aromatic N) is 4. The summed E-state index contributed by atoms with van der Waals surface area (Å²) in [5.41, 5.74) is 7.22. The Kier molecular flexibility index (Phi) is 5.50. The van der Waals surface area contributed by atoms with Crippen molar-refractivity contribution < 1.29 is 27.6 Å². The molecule has 160 valence electrons. The number of aromatic nitrogens is 4. The number of anilines is 1. The number of hydrogen-bond donors (Lipinski definition) is 3. The Labute approximate surface area is 179 Å². The second-order valence-electron chi connectivity index (χ2n) is 6.75. The van der Waals surface area contributed by atoms with Gasteiger partial charge >= 0.3 is 0 Å². The van der Waals surface area contributed by atoms with Crippen LogP contribution in [0.3, 0.4) is 0 Å². The van der Waals surface area contributed by atoms with Crippen LogP contribution in [0.2, 0.25) is 0 Å². The summed E-state index contributed by atoms with van der Waals surface area (Å²) in [6.07, 6.45) is -3.87. The number of benzene rings is 1. The van der Waals surface area contributed by atoms with Gasteiger partial charge in [0, 0.05) is 0 Å². The zero-order valence-electron chi connectivity index (χ0n) is 15.6. The second-order valence-corrected chi connectivity index (χ2v) is 9.03. The number of halogens is 1. The number of hydrogen-bond acceptors (Lipinski definition) is 10. The molecule has 1 aromatic carbocycles. The zero-order chi connectivity index (χ0) is 21.6. The lowest BCUT2D eigenvalue weighted by Gasteiger charge is -2.22. The van der Waals surface area contributed by atoms with E-state index in [9.17, 15) is 18.6 Å². The first-order valence-corrected chi connectivity index (χ1v) is 11.0. The van der Waals surface area contributed by atoms with Crippen molar-refractivity contribution in [3.05, 3.63) is 40.9 Å². The van der Waals surface area contributed by atoms with Gasteiger partial charge in [0.15, 0.2) is 34.0 Å². The quantitative estimate of drug-likeness (QED) is 0.332. The molecule has 3 aromatic rings. The van der Waals surface area contributed by atoms with Crippen LogP contribution in [-0.2, 0) is 19.0 Å². The van der Waals surface area contributed by atoms with Crippen LogP contribution in [0.5, 0.6) is 0 Å². The molecule has 4 rings (SSSR count). The molecule has 0 saturated carbocycles. The first kappa shape index (κ1) is 21.1. The smallest absolute Gasteiger partial charge is 0.297 e. The molecule has 13 heteroatoms. The molecule has 0 radical (unpaired) electrons. The van der Waals surface area contributed by atoms with Crippen molar-refractivity contribution in [3.8, 4) is 0 Å². The number of nitrogen functional groups attached to an aromatic ring is 1. The zero-order valence-corrected chi connectivity index (χ0v) is 18.0. The minimum Gasteiger partial charge on any atom is -0.394 e. The minimum absolute atomic E-state index is 0.0763. The highest BCUT2D eigenvalue weighted by Crippen LogP contribution is 2.38. The van der Waals surface area contributed by atoms with E-state index in [1.54, 1.807) is 12.1 Å². The third kappa shape index (κ3) is 3.57. The van der Waals surface area contributed by atoms with E-state index >= 15 is 0 Å². The van der Waals surface area contributed by atoms with Crippen LogP contribution in [0.25, 0.3) is 11.2 Å². The van der Waals surface area contributed by atoms with Gasteiger partial charge in [-0.3, -0.25) is 8.75 Å². The van der Waals surface area contributed by atoms with E-state index in [1.165, 1.54) is 23.0 Å². The molecule has 2 aromatic heterocycles. The lowest BCUT2D eigenvalue weighted by Crippen LogP contribution is -2.37. The molecule has 1 aliphatic rings. The highest BCUT2D eigenvalue weighted by molar-refractivity contribution is 9.10. The molecule has 0 amide bonds. The van der Waals surface area contributed by atoms with Gasteiger partial charge in [0.2, 0.25) is 0 Å². The normalized spacial score (nSPS) is 24.5. The van der Waals surface area contributed by atoms with E-state index in [2.05, 4.69) is 30.9 Å². The van der Waals surface area contributed by atoms with E-state index in [-0.39, 0.29) is 26.6 Å². The summed E-state index contributed by atoms with van der Waals surface area (Å²) in [5.74, 6) is 0.112. The lowest BCUT2D eigenvalue weighted by molar-refractivity contribution is -0.0492. The average molecular weight is 500 g/mol. The molecule has 0 spiro atoms. The van der Waals surface area contributed by atoms with E-state index in [4.69, 9.17) is 14.7 Å². The number of fused-ring (bicyclic) bond motifs is 1. The molecule has 4 atom stereocenters. The van der Waals surface area contributed by atoms with Gasteiger partial charge in [-0.15, -0.1) is 0 Å². The average Bonchev–Trinajstić information content (AvgIpc) is 3.19. The number of aliphatic hydroxyl groups excluding tert-OH is 2. The Morgan fingerprint density at radius 1 is 1.30 bits per heavy atom. The SMILES string of the molecule is Cc1ccc(S(=O)(=O)O[C@@H]2[C@H](O)[C@@H](CO)O[C@H]2n2c(Br)nc3c(N)ncnc32)cc1. The van der Waals surface area contributed by atoms with Crippen LogP contribution >= 0.6 is 15.9 Å². The fourth-order valence-corrected chi connectivity index (χ4v) is 4.84. The summed E-state index contributed by atoms with van der Waals surface area (Å²) in [4.78, 5) is 12.2. The number of aryl methyl sites for hydroxylation is 1. The molecule has 1 aliphatic heterocycles. The van der Waals surface area contributed by atoms with Crippen molar-refractivity contribution in [2.24, 2.45) is 0 Å². The third-order valence-corrected chi connectivity index (χ3v) is 6.64. The first-order chi connectivity index (χ1) is 14.2. The van der Waals surface area contributed by atoms with E-state index < -0.39 is 41.3 Å². The van der Waals surface area contributed by atoms with Crippen molar-refractivity contribution in [2.75, 3.05) is 12.3 Å². The Morgan fingerprint density at radius 2 is 2.00 bits per heavy atom. The highest BCUT2D eigenvalue weighted by Gasteiger charge is 2.49.